The Kier molecular flexibility index (Phi) is 2.73. The molecule has 0 aromatic heterocycles. The maximum atomic E-state index is 5.99. The van der Waals surface area contributed by atoms with Gasteiger partial charge >= 0.3 is 0 Å². The highest BCUT2D eigenvalue weighted by molar-refractivity contribution is 6.01. The second-order valence-electron chi connectivity index (χ2n) is 4.44. The molecule has 2 aromatic rings. The number of para-hydroxylation sites is 1. The maximum absolute atomic E-state index is 5.99. The molecule has 2 aromatic carbocycles. The highest BCUT2D eigenvalue weighted by Gasteiger charge is 2.22. The van der Waals surface area contributed by atoms with E-state index in [2.05, 4.69) is 28.7 Å². The highest BCUT2D eigenvalue weighted by Crippen LogP contribution is 2.27. The monoisotopic (exact) mass is 237 g/mol. The quantitative estimate of drug-likeness (QED) is 0.789. The van der Waals surface area contributed by atoms with Gasteiger partial charge in [-0.25, -0.2) is 0 Å². The van der Waals surface area contributed by atoms with Crippen LogP contribution in [0.25, 0.3) is 0 Å². The lowest BCUT2D eigenvalue weighted by Gasteiger charge is -2.12. The molecule has 3 N–H and O–H groups in total. The van der Waals surface area contributed by atoms with Crippen LogP contribution >= 0.6 is 0 Å². The van der Waals surface area contributed by atoms with Crippen LogP contribution in [0.1, 0.15) is 23.6 Å². The van der Waals surface area contributed by atoms with Crippen molar-refractivity contribution in [2.75, 3.05) is 5.73 Å². The summed E-state index contributed by atoms with van der Waals surface area (Å²) in [7, 11) is 0. The van der Waals surface area contributed by atoms with Gasteiger partial charge in [-0.05, 0) is 17.2 Å². The molecule has 0 spiro atoms. The van der Waals surface area contributed by atoms with Crippen molar-refractivity contribution in [1.82, 2.24) is 5.43 Å². The first-order valence-electron chi connectivity index (χ1n) is 6.06. The summed E-state index contributed by atoms with van der Waals surface area (Å²) in [6.45, 7) is 0. The molecule has 0 saturated carbocycles. The van der Waals surface area contributed by atoms with Gasteiger partial charge in [-0.15, -0.1) is 0 Å². The smallest absolute Gasteiger partial charge is 0.0765 e. The maximum Gasteiger partial charge on any atom is 0.0765 e. The van der Waals surface area contributed by atoms with Gasteiger partial charge in [-0.2, -0.15) is 5.10 Å². The Hall–Kier alpha value is -2.29. The molecule has 90 valence electrons. The van der Waals surface area contributed by atoms with Crippen LogP contribution in [0.3, 0.4) is 0 Å². The molecule has 1 aliphatic heterocycles. The zero-order valence-electron chi connectivity index (χ0n) is 10.0. The van der Waals surface area contributed by atoms with E-state index in [1.54, 1.807) is 0 Å². The number of hydrogen-bond acceptors (Lipinski definition) is 3. The molecular weight excluding hydrogens is 222 g/mol. The van der Waals surface area contributed by atoms with E-state index in [1.165, 1.54) is 5.56 Å². The molecule has 1 atom stereocenters. The van der Waals surface area contributed by atoms with Gasteiger partial charge in [-0.3, -0.25) is 0 Å². The number of rotatable bonds is 2. The van der Waals surface area contributed by atoms with Crippen molar-refractivity contribution < 1.29 is 0 Å². The summed E-state index contributed by atoms with van der Waals surface area (Å²) in [4.78, 5) is 0. The Bertz CT molecular complexity index is 575. The van der Waals surface area contributed by atoms with Gasteiger partial charge in [0, 0.05) is 12.1 Å². The van der Waals surface area contributed by atoms with E-state index in [9.17, 15) is 0 Å². The van der Waals surface area contributed by atoms with E-state index in [0.717, 1.165) is 23.4 Å². The van der Waals surface area contributed by atoms with E-state index in [4.69, 9.17) is 5.73 Å². The van der Waals surface area contributed by atoms with Crippen molar-refractivity contribution in [1.29, 1.82) is 0 Å². The number of nitrogens with two attached hydrogens (primary N) is 1. The average molecular weight is 237 g/mol. The Labute approximate surface area is 106 Å². The van der Waals surface area contributed by atoms with Gasteiger partial charge in [0.25, 0.3) is 0 Å². The molecule has 1 heterocycles. The number of nitrogens with zero attached hydrogens (tertiary/aromatic N) is 1. The Morgan fingerprint density at radius 3 is 2.50 bits per heavy atom. The van der Waals surface area contributed by atoms with Gasteiger partial charge in [0.2, 0.25) is 0 Å². The minimum absolute atomic E-state index is 0.182. The molecule has 3 rings (SSSR count). The topological polar surface area (TPSA) is 50.4 Å². The number of hydrazone groups is 1. The van der Waals surface area contributed by atoms with Crippen LogP contribution in [-0.4, -0.2) is 5.71 Å². The number of benzene rings is 2. The molecule has 0 radical (unpaired) electrons. The summed E-state index contributed by atoms with van der Waals surface area (Å²) in [6, 6.07) is 18.4. The number of nitrogen functional groups attached to an aromatic ring is 1. The molecule has 0 fully saturated rings. The molecule has 3 heteroatoms. The summed E-state index contributed by atoms with van der Waals surface area (Å²) in [5, 5.41) is 4.42. The van der Waals surface area contributed by atoms with Crippen LogP contribution in [0, 0.1) is 0 Å². The van der Waals surface area contributed by atoms with Gasteiger partial charge in [0.15, 0.2) is 0 Å². The van der Waals surface area contributed by atoms with Crippen LogP contribution in [0.2, 0.25) is 0 Å². The van der Waals surface area contributed by atoms with Gasteiger partial charge in [0.1, 0.15) is 0 Å². The lowest BCUT2D eigenvalue weighted by atomic mass is 9.98. The minimum atomic E-state index is 0.182. The van der Waals surface area contributed by atoms with E-state index in [0.29, 0.717) is 0 Å². The normalized spacial score (nSPS) is 18.2. The fourth-order valence-electron chi connectivity index (χ4n) is 2.26. The number of anilines is 1. The fraction of sp³-hybridized carbons (Fsp3) is 0.133. The van der Waals surface area contributed by atoms with E-state index in [1.807, 2.05) is 36.4 Å². The minimum Gasteiger partial charge on any atom is -0.398 e. The fourth-order valence-corrected chi connectivity index (χ4v) is 2.26. The van der Waals surface area contributed by atoms with E-state index in [-0.39, 0.29) is 6.04 Å². The summed E-state index contributed by atoms with van der Waals surface area (Å²) >= 11 is 0. The summed E-state index contributed by atoms with van der Waals surface area (Å²) in [5.41, 5.74) is 13.4. The average Bonchev–Trinajstić information content (AvgIpc) is 2.90. The molecular formula is C15H15N3. The van der Waals surface area contributed by atoms with E-state index >= 15 is 0 Å². The Balaban J connectivity index is 1.81. The van der Waals surface area contributed by atoms with Gasteiger partial charge in [-0.1, -0.05) is 48.5 Å². The van der Waals surface area contributed by atoms with Crippen molar-refractivity contribution in [2.45, 2.75) is 12.5 Å². The predicted octanol–water partition coefficient (Wildman–Crippen LogP) is 2.71. The van der Waals surface area contributed by atoms with Crippen molar-refractivity contribution in [3.05, 3.63) is 65.7 Å². The summed E-state index contributed by atoms with van der Waals surface area (Å²) in [6.07, 6.45) is 0.873. The molecule has 3 nitrogen and oxygen atoms in total. The molecule has 0 aliphatic carbocycles. The first-order valence-corrected chi connectivity index (χ1v) is 6.06. The number of hydrogen-bond donors (Lipinski definition) is 2. The number of nitrogens with one attached hydrogen (secondary N) is 1. The molecule has 0 bridgehead atoms. The Morgan fingerprint density at radius 2 is 1.72 bits per heavy atom. The second kappa shape index (κ2) is 4.53. The molecule has 1 unspecified atom stereocenters. The van der Waals surface area contributed by atoms with E-state index < -0.39 is 0 Å². The molecule has 0 saturated heterocycles. The van der Waals surface area contributed by atoms with Gasteiger partial charge in [0.05, 0.1) is 11.8 Å². The van der Waals surface area contributed by atoms with Crippen LogP contribution in [0.15, 0.2) is 59.7 Å². The molecule has 18 heavy (non-hydrogen) atoms. The molecule has 0 amide bonds. The SMILES string of the molecule is Nc1ccccc1C1CC(c2ccccc2)=NN1. The largest absolute Gasteiger partial charge is 0.398 e. The zero-order chi connectivity index (χ0) is 12.4. The highest BCUT2D eigenvalue weighted by atomic mass is 15.3. The molecule has 1 aliphatic rings. The Morgan fingerprint density at radius 1 is 1.00 bits per heavy atom. The van der Waals surface area contributed by atoms with Crippen LogP contribution in [0.5, 0.6) is 0 Å². The summed E-state index contributed by atoms with van der Waals surface area (Å²) < 4.78 is 0. The third-order valence-corrected chi connectivity index (χ3v) is 3.23. The van der Waals surface area contributed by atoms with Crippen molar-refractivity contribution in [3.8, 4) is 0 Å². The van der Waals surface area contributed by atoms with Crippen LogP contribution < -0.4 is 11.2 Å². The lowest BCUT2D eigenvalue weighted by Crippen LogP contribution is -2.12. The van der Waals surface area contributed by atoms with Crippen LogP contribution in [-0.2, 0) is 0 Å². The standard InChI is InChI=1S/C15H15N3/c16-13-9-5-4-8-12(13)15-10-14(17-18-15)11-6-2-1-3-7-11/h1-9,15,18H,10,16H2. The van der Waals surface area contributed by atoms with Crippen LogP contribution in [0.4, 0.5) is 5.69 Å². The second-order valence-corrected chi connectivity index (χ2v) is 4.44. The third kappa shape index (κ3) is 1.95. The third-order valence-electron chi connectivity index (χ3n) is 3.23. The first kappa shape index (κ1) is 10.8. The van der Waals surface area contributed by atoms with Crippen molar-refractivity contribution in [3.63, 3.8) is 0 Å². The predicted molar refractivity (Wildman–Crippen MR) is 74.3 cm³/mol. The summed E-state index contributed by atoms with van der Waals surface area (Å²) in [5.74, 6) is 0. The van der Waals surface area contributed by atoms with Crippen molar-refractivity contribution in [2.24, 2.45) is 5.10 Å². The first-order chi connectivity index (χ1) is 8.84. The van der Waals surface area contributed by atoms with Crippen molar-refractivity contribution >= 4 is 11.4 Å². The van der Waals surface area contributed by atoms with Gasteiger partial charge < -0.3 is 11.2 Å². The zero-order valence-corrected chi connectivity index (χ0v) is 10.0. The lowest BCUT2D eigenvalue weighted by molar-refractivity contribution is 0.622.